The largest absolute Gasteiger partial charge is 0.335 e. The lowest BCUT2D eigenvalue weighted by Crippen LogP contribution is -2.25. The Hall–Kier alpha value is -0.880. The first-order valence-corrected chi connectivity index (χ1v) is 8.23. The molecule has 1 aromatic heterocycles. The minimum Gasteiger partial charge on any atom is -0.335 e. The van der Waals surface area contributed by atoms with Crippen LogP contribution in [0.2, 0.25) is 0 Å². The SMILES string of the molecule is CCNC(Cc1nccn1CC)c1cccc(C)c1I. The molecule has 0 aliphatic carbocycles. The molecule has 1 N–H and O–H groups in total. The predicted octanol–water partition coefficient (Wildman–Crippen LogP) is 3.71. The minimum absolute atomic E-state index is 0.319. The first-order valence-electron chi connectivity index (χ1n) is 7.15. The Bertz CT molecular complexity index is 563. The Balaban J connectivity index is 2.29. The Morgan fingerprint density at radius 1 is 1.35 bits per heavy atom. The highest BCUT2D eigenvalue weighted by molar-refractivity contribution is 14.1. The van der Waals surface area contributed by atoms with E-state index in [1.54, 1.807) is 0 Å². The summed E-state index contributed by atoms with van der Waals surface area (Å²) in [5, 5.41) is 3.60. The van der Waals surface area contributed by atoms with Gasteiger partial charge in [0.05, 0.1) is 0 Å². The van der Waals surface area contributed by atoms with E-state index in [2.05, 4.69) is 82.6 Å². The van der Waals surface area contributed by atoms with Crippen molar-refractivity contribution in [2.75, 3.05) is 6.54 Å². The van der Waals surface area contributed by atoms with Crippen LogP contribution in [0.15, 0.2) is 30.6 Å². The smallest absolute Gasteiger partial charge is 0.110 e. The molecule has 0 radical (unpaired) electrons. The average molecular weight is 383 g/mol. The van der Waals surface area contributed by atoms with Gasteiger partial charge in [-0.3, -0.25) is 0 Å². The molecule has 20 heavy (non-hydrogen) atoms. The number of likely N-dealkylation sites (N-methyl/N-ethyl adjacent to an activating group) is 1. The van der Waals surface area contributed by atoms with Crippen LogP contribution in [0.25, 0.3) is 0 Å². The molecule has 1 unspecified atom stereocenters. The van der Waals surface area contributed by atoms with E-state index in [9.17, 15) is 0 Å². The van der Waals surface area contributed by atoms with Crippen LogP contribution in [0.3, 0.4) is 0 Å². The van der Waals surface area contributed by atoms with Crippen molar-refractivity contribution in [1.29, 1.82) is 0 Å². The number of hydrogen-bond acceptors (Lipinski definition) is 2. The predicted molar refractivity (Wildman–Crippen MR) is 91.9 cm³/mol. The van der Waals surface area contributed by atoms with Gasteiger partial charge in [-0.05, 0) is 54.1 Å². The number of hydrogen-bond donors (Lipinski definition) is 1. The maximum atomic E-state index is 4.51. The summed E-state index contributed by atoms with van der Waals surface area (Å²) in [4.78, 5) is 4.51. The number of imidazole rings is 1. The number of benzene rings is 1. The van der Waals surface area contributed by atoms with Gasteiger partial charge in [-0.2, -0.15) is 0 Å². The van der Waals surface area contributed by atoms with Gasteiger partial charge in [0, 0.05) is 35.0 Å². The second-order valence-electron chi connectivity index (χ2n) is 4.92. The van der Waals surface area contributed by atoms with Crippen LogP contribution in [-0.4, -0.2) is 16.1 Å². The number of halogens is 1. The van der Waals surface area contributed by atoms with Gasteiger partial charge in [-0.1, -0.05) is 25.1 Å². The molecule has 1 aromatic carbocycles. The third kappa shape index (κ3) is 3.41. The van der Waals surface area contributed by atoms with Crippen molar-refractivity contribution in [2.45, 2.75) is 39.8 Å². The molecule has 1 atom stereocenters. The molecular formula is C16H22IN3. The van der Waals surface area contributed by atoms with Crippen LogP contribution < -0.4 is 5.32 Å². The molecule has 2 rings (SSSR count). The van der Waals surface area contributed by atoms with Crippen molar-refractivity contribution >= 4 is 22.6 Å². The quantitative estimate of drug-likeness (QED) is 0.771. The molecule has 1 heterocycles. The van der Waals surface area contributed by atoms with Gasteiger partial charge >= 0.3 is 0 Å². The summed E-state index contributed by atoms with van der Waals surface area (Å²) >= 11 is 2.45. The fourth-order valence-corrected chi connectivity index (χ4v) is 3.21. The van der Waals surface area contributed by atoms with Crippen molar-refractivity contribution in [1.82, 2.24) is 14.9 Å². The highest BCUT2D eigenvalue weighted by Gasteiger charge is 2.17. The van der Waals surface area contributed by atoms with Crippen LogP contribution in [0, 0.1) is 10.5 Å². The van der Waals surface area contributed by atoms with Crippen molar-refractivity contribution in [3.8, 4) is 0 Å². The third-order valence-corrected chi connectivity index (χ3v) is 5.05. The Labute approximate surface area is 134 Å². The topological polar surface area (TPSA) is 29.9 Å². The van der Waals surface area contributed by atoms with Crippen LogP contribution in [-0.2, 0) is 13.0 Å². The second-order valence-corrected chi connectivity index (χ2v) is 6.00. The summed E-state index contributed by atoms with van der Waals surface area (Å²) in [6.07, 6.45) is 4.87. The van der Waals surface area contributed by atoms with Crippen molar-refractivity contribution in [3.63, 3.8) is 0 Å². The molecule has 108 valence electrons. The minimum atomic E-state index is 0.319. The summed E-state index contributed by atoms with van der Waals surface area (Å²) in [6, 6.07) is 6.85. The van der Waals surface area contributed by atoms with Crippen LogP contribution >= 0.6 is 22.6 Å². The lowest BCUT2D eigenvalue weighted by molar-refractivity contribution is 0.520. The molecule has 2 aromatic rings. The summed E-state index contributed by atoms with van der Waals surface area (Å²) in [5.74, 6) is 1.15. The molecule has 3 nitrogen and oxygen atoms in total. The van der Waals surface area contributed by atoms with Crippen LogP contribution in [0.5, 0.6) is 0 Å². The number of nitrogens with one attached hydrogen (secondary N) is 1. The van der Waals surface area contributed by atoms with Gasteiger partial charge in [0.1, 0.15) is 5.82 Å². The van der Waals surface area contributed by atoms with E-state index in [0.717, 1.165) is 25.3 Å². The molecule has 0 saturated heterocycles. The number of rotatable bonds is 6. The van der Waals surface area contributed by atoms with E-state index in [0.29, 0.717) is 6.04 Å². The van der Waals surface area contributed by atoms with Crippen molar-refractivity contribution in [3.05, 3.63) is 51.1 Å². The highest BCUT2D eigenvalue weighted by atomic mass is 127. The lowest BCUT2D eigenvalue weighted by atomic mass is 10.0. The fourth-order valence-electron chi connectivity index (χ4n) is 2.48. The van der Waals surface area contributed by atoms with E-state index in [4.69, 9.17) is 0 Å². The maximum Gasteiger partial charge on any atom is 0.110 e. The van der Waals surface area contributed by atoms with Crippen molar-refractivity contribution in [2.24, 2.45) is 0 Å². The summed E-state index contributed by atoms with van der Waals surface area (Å²) in [5.41, 5.74) is 2.71. The molecule has 0 saturated carbocycles. The van der Waals surface area contributed by atoms with Gasteiger partial charge in [0.25, 0.3) is 0 Å². The zero-order valence-corrected chi connectivity index (χ0v) is 14.5. The zero-order valence-electron chi connectivity index (χ0n) is 12.4. The molecule has 4 heteroatoms. The zero-order chi connectivity index (χ0) is 14.5. The van der Waals surface area contributed by atoms with E-state index in [-0.39, 0.29) is 0 Å². The standard InChI is InChI=1S/C16H22IN3/c1-4-18-14(11-15-19-9-10-20(15)5-2)13-8-6-7-12(3)16(13)17/h6-10,14,18H,4-5,11H2,1-3H3. The normalized spacial score (nSPS) is 12.6. The van der Waals surface area contributed by atoms with E-state index < -0.39 is 0 Å². The first kappa shape index (κ1) is 15.5. The molecule has 0 spiro atoms. The number of nitrogens with zero attached hydrogens (tertiary/aromatic N) is 2. The van der Waals surface area contributed by atoms with Crippen LogP contribution in [0.4, 0.5) is 0 Å². The number of aromatic nitrogens is 2. The Kier molecular flexibility index (Phi) is 5.60. The molecule has 0 aliphatic heterocycles. The maximum absolute atomic E-state index is 4.51. The van der Waals surface area contributed by atoms with E-state index in [1.807, 2.05) is 6.20 Å². The molecule has 0 aliphatic rings. The fraction of sp³-hybridized carbons (Fsp3) is 0.438. The second kappa shape index (κ2) is 7.22. The van der Waals surface area contributed by atoms with Gasteiger partial charge in [-0.15, -0.1) is 0 Å². The average Bonchev–Trinajstić information content (AvgIpc) is 2.89. The number of aryl methyl sites for hydroxylation is 2. The summed E-state index contributed by atoms with van der Waals surface area (Å²) < 4.78 is 3.57. The first-order chi connectivity index (χ1) is 9.67. The monoisotopic (exact) mass is 383 g/mol. The van der Waals surface area contributed by atoms with Gasteiger partial charge in [-0.25, -0.2) is 4.98 Å². The molecule has 0 amide bonds. The van der Waals surface area contributed by atoms with Gasteiger partial charge in [0.15, 0.2) is 0 Å². The van der Waals surface area contributed by atoms with Crippen molar-refractivity contribution < 1.29 is 0 Å². The van der Waals surface area contributed by atoms with Gasteiger partial charge in [0.2, 0.25) is 0 Å². The Morgan fingerprint density at radius 3 is 2.85 bits per heavy atom. The summed E-state index contributed by atoms with van der Waals surface area (Å²) in [6.45, 7) is 8.41. The van der Waals surface area contributed by atoms with E-state index in [1.165, 1.54) is 14.7 Å². The highest BCUT2D eigenvalue weighted by Crippen LogP contribution is 2.25. The lowest BCUT2D eigenvalue weighted by Gasteiger charge is -2.21. The summed E-state index contributed by atoms with van der Waals surface area (Å²) in [7, 11) is 0. The Morgan fingerprint density at radius 2 is 2.15 bits per heavy atom. The molecule has 0 fully saturated rings. The molecular weight excluding hydrogens is 361 g/mol. The van der Waals surface area contributed by atoms with E-state index >= 15 is 0 Å². The molecule has 0 bridgehead atoms. The van der Waals surface area contributed by atoms with Crippen LogP contribution in [0.1, 0.15) is 36.8 Å². The third-order valence-electron chi connectivity index (χ3n) is 3.58. The van der Waals surface area contributed by atoms with Gasteiger partial charge < -0.3 is 9.88 Å².